The van der Waals surface area contributed by atoms with Gasteiger partial charge in [-0.3, -0.25) is 0 Å². The Hall–Kier alpha value is -1.42. The van der Waals surface area contributed by atoms with E-state index in [1.165, 1.54) is 35.1 Å². The lowest BCUT2D eigenvalue weighted by molar-refractivity contribution is 0.115. The summed E-state index contributed by atoms with van der Waals surface area (Å²) in [6.07, 6.45) is 13.8. The minimum absolute atomic E-state index is 0.192. The SMILES string of the molecule is C/C=C(\C=C/CC)CCCCc1ccc(CCC(N)(CO)CO)c(C)c1. The average molecular weight is 360 g/mol. The van der Waals surface area contributed by atoms with Gasteiger partial charge in [0.05, 0.1) is 18.8 Å². The number of nitrogens with two attached hydrogens (primary N) is 1. The van der Waals surface area contributed by atoms with E-state index < -0.39 is 5.54 Å². The van der Waals surface area contributed by atoms with Crippen LogP contribution >= 0.6 is 0 Å². The summed E-state index contributed by atoms with van der Waals surface area (Å²) >= 11 is 0. The zero-order chi connectivity index (χ0) is 19.4. The molecular formula is C23H37NO2. The van der Waals surface area contributed by atoms with Crippen molar-refractivity contribution in [2.75, 3.05) is 13.2 Å². The molecule has 1 aromatic rings. The van der Waals surface area contributed by atoms with Crippen LogP contribution in [-0.4, -0.2) is 29.0 Å². The molecule has 26 heavy (non-hydrogen) atoms. The minimum atomic E-state index is -0.887. The number of aliphatic hydroxyl groups excluding tert-OH is 2. The second kappa shape index (κ2) is 12.1. The van der Waals surface area contributed by atoms with Crippen LogP contribution in [0.4, 0.5) is 0 Å². The molecule has 0 heterocycles. The lowest BCUT2D eigenvalue weighted by Gasteiger charge is -2.24. The minimum Gasteiger partial charge on any atom is -0.394 e. The highest BCUT2D eigenvalue weighted by Gasteiger charge is 2.22. The molecule has 3 heteroatoms. The number of hydrogen-bond donors (Lipinski definition) is 3. The van der Waals surface area contributed by atoms with Crippen LogP contribution in [-0.2, 0) is 12.8 Å². The molecule has 1 aromatic carbocycles. The van der Waals surface area contributed by atoms with Crippen LogP contribution < -0.4 is 5.73 Å². The van der Waals surface area contributed by atoms with Gasteiger partial charge in [-0.05, 0) is 75.5 Å². The van der Waals surface area contributed by atoms with Crippen LogP contribution in [0.3, 0.4) is 0 Å². The molecule has 0 aromatic heterocycles. The molecule has 0 fully saturated rings. The lowest BCUT2D eigenvalue weighted by Crippen LogP contribution is -2.47. The van der Waals surface area contributed by atoms with Crippen LogP contribution in [0.25, 0.3) is 0 Å². The van der Waals surface area contributed by atoms with Gasteiger partial charge in [-0.1, -0.05) is 48.9 Å². The molecule has 0 aliphatic carbocycles. The number of unbranched alkanes of at least 4 members (excludes halogenated alkanes) is 1. The third-order valence-electron chi connectivity index (χ3n) is 5.05. The summed E-state index contributed by atoms with van der Waals surface area (Å²) in [4.78, 5) is 0. The topological polar surface area (TPSA) is 66.5 Å². The first-order valence-electron chi connectivity index (χ1n) is 9.88. The largest absolute Gasteiger partial charge is 0.394 e. The van der Waals surface area contributed by atoms with E-state index in [2.05, 4.69) is 57.2 Å². The second-order valence-corrected chi connectivity index (χ2v) is 7.32. The summed E-state index contributed by atoms with van der Waals surface area (Å²) < 4.78 is 0. The van der Waals surface area contributed by atoms with Crippen molar-refractivity contribution in [2.24, 2.45) is 5.73 Å². The van der Waals surface area contributed by atoms with E-state index >= 15 is 0 Å². The maximum Gasteiger partial charge on any atom is 0.0633 e. The summed E-state index contributed by atoms with van der Waals surface area (Å²) in [6, 6.07) is 6.63. The molecule has 0 bridgehead atoms. The molecule has 0 saturated heterocycles. The lowest BCUT2D eigenvalue weighted by atomic mass is 9.91. The van der Waals surface area contributed by atoms with Gasteiger partial charge in [-0.15, -0.1) is 0 Å². The highest BCUT2D eigenvalue weighted by atomic mass is 16.3. The first-order chi connectivity index (χ1) is 12.5. The van der Waals surface area contributed by atoms with Gasteiger partial charge in [-0.2, -0.15) is 0 Å². The Bertz CT molecular complexity index is 586. The molecule has 3 nitrogen and oxygen atoms in total. The van der Waals surface area contributed by atoms with Gasteiger partial charge in [0.25, 0.3) is 0 Å². The fourth-order valence-corrected chi connectivity index (χ4v) is 3.04. The van der Waals surface area contributed by atoms with Crippen molar-refractivity contribution in [3.63, 3.8) is 0 Å². The maximum atomic E-state index is 9.31. The fraction of sp³-hybridized carbons (Fsp3) is 0.565. The van der Waals surface area contributed by atoms with E-state index in [0.717, 1.165) is 25.7 Å². The molecule has 0 spiro atoms. The summed E-state index contributed by atoms with van der Waals surface area (Å²) in [5.41, 5.74) is 10.4. The molecule has 0 aliphatic rings. The number of allylic oxidation sites excluding steroid dienone is 4. The average Bonchev–Trinajstić information content (AvgIpc) is 2.66. The van der Waals surface area contributed by atoms with Gasteiger partial charge in [0.1, 0.15) is 0 Å². The Balaban J connectivity index is 2.48. The van der Waals surface area contributed by atoms with Gasteiger partial charge in [-0.25, -0.2) is 0 Å². The molecule has 0 radical (unpaired) electrons. The standard InChI is InChI=1S/C23H37NO2/c1-4-6-9-20(5-2)10-7-8-11-21-12-13-22(19(3)16-21)14-15-23(24,17-25)18-26/h5-6,9,12-13,16,25-26H,4,7-8,10-11,14-15,17-18,24H2,1-3H3/b9-6-,20-5+. The van der Waals surface area contributed by atoms with E-state index in [9.17, 15) is 10.2 Å². The van der Waals surface area contributed by atoms with Crippen LogP contribution in [0.1, 0.15) is 62.6 Å². The summed E-state index contributed by atoms with van der Waals surface area (Å²) in [7, 11) is 0. The summed E-state index contributed by atoms with van der Waals surface area (Å²) in [5.74, 6) is 0. The first kappa shape index (κ1) is 22.6. The van der Waals surface area contributed by atoms with Crippen LogP contribution in [0.5, 0.6) is 0 Å². The monoisotopic (exact) mass is 359 g/mol. The predicted octanol–water partition coefficient (Wildman–Crippen LogP) is 4.24. The Morgan fingerprint density at radius 1 is 1.15 bits per heavy atom. The van der Waals surface area contributed by atoms with Crippen molar-refractivity contribution in [3.05, 3.63) is 58.7 Å². The fourth-order valence-electron chi connectivity index (χ4n) is 3.04. The van der Waals surface area contributed by atoms with Crippen LogP contribution in [0.2, 0.25) is 0 Å². The van der Waals surface area contributed by atoms with Crippen molar-refractivity contribution in [3.8, 4) is 0 Å². The van der Waals surface area contributed by atoms with E-state index in [1.807, 2.05) is 0 Å². The van der Waals surface area contributed by atoms with Gasteiger partial charge in [0, 0.05) is 0 Å². The normalized spacial score (nSPS) is 12.9. The van der Waals surface area contributed by atoms with Crippen molar-refractivity contribution < 1.29 is 10.2 Å². The third kappa shape index (κ3) is 7.86. The highest BCUT2D eigenvalue weighted by Crippen LogP contribution is 2.19. The van der Waals surface area contributed by atoms with Crippen molar-refractivity contribution in [2.45, 2.75) is 71.3 Å². The molecule has 0 atom stereocenters. The van der Waals surface area contributed by atoms with Crippen LogP contribution in [0, 0.1) is 6.92 Å². The molecule has 0 amide bonds. The molecule has 1 rings (SSSR count). The molecule has 4 N–H and O–H groups in total. The number of rotatable bonds is 12. The van der Waals surface area contributed by atoms with Gasteiger partial charge in [0.2, 0.25) is 0 Å². The van der Waals surface area contributed by atoms with Gasteiger partial charge < -0.3 is 15.9 Å². The maximum absolute atomic E-state index is 9.31. The zero-order valence-electron chi connectivity index (χ0n) is 16.8. The van der Waals surface area contributed by atoms with E-state index in [4.69, 9.17) is 5.73 Å². The summed E-state index contributed by atoms with van der Waals surface area (Å²) in [6.45, 7) is 6.02. The first-order valence-corrected chi connectivity index (χ1v) is 9.88. The molecule has 0 unspecified atom stereocenters. The number of benzene rings is 1. The van der Waals surface area contributed by atoms with E-state index in [1.54, 1.807) is 0 Å². The highest BCUT2D eigenvalue weighted by molar-refractivity contribution is 5.31. The number of aryl methyl sites for hydroxylation is 3. The Kier molecular flexibility index (Phi) is 10.5. The predicted molar refractivity (Wildman–Crippen MR) is 111 cm³/mol. The van der Waals surface area contributed by atoms with Crippen molar-refractivity contribution in [1.82, 2.24) is 0 Å². The Labute approximate surface area is 159 Å². The van der Waals surface area contributed by atoms with E-state index in [-0.39, 0.29) is 13.2 Å². The second-order valence-electron chi connectivity index (χ2n) is 7.32. The molecular weight excluding hydrogens is 322 g/mol. The van der Waals surface area contributed by atoms with Crippen molar-refractivity contribution in [1.29, 1.82) is 0 Å². The smallest absolute Gasteiger partial charge is 0.0633 e. The number of aliphatic hydroxyl groups is 2. The molecule has 0 saturated carbocycles. The third-order valence-corrected chi connectivity index (χ3v) is 5.05. The van der Waals surface area contributed by atoms with Gasteiger partial charge >= 0.3 is 0 Å². The quantitative estimate of drug-likeness (QED) is 0.386. The van der Waals surface area contributed by atoms with Gasteiger partial charge in [0.15, 0.2) is 0 Å². The molecule has 0 aliphatic heterocycles. The zero-order valence-corrected chi connectivity index (χ0v) is 16.8. The number of hydrogen-bond acceptors (Lipinski definition) is 3. The Morgan fingerprint density at radius 3 is 2.46 bits per heavy atom. The van der Waals surface area contributed by atoms with Crippen LogP contribution in [0.15, 0.2) is 42.0 Å². The van der Waals surface area contributed by atoms with E-state index in [0.29, 0.717) is 6.42 Å². The van der Waals surface area contributed by atoms with Crippen molar-refractivity contribution >= 4 is 0 Å². The Morgan fingerprint density at radius 2 is 1.88 bits per heavy atom. The molecule has 146 valence electrons. The summed E-state index contributed by atoms with van der Waals surface area (Å²) in [5, 5.41) is 18.6.